The Hall–Kier alpha value is -2.14. The molecule has 0 atom stereocenters. The van der Waals surface area contributed by atoms with Crippen LogP contribution in [0.3, 0.4) is 0 Å². The van der Waals surface area contributed by atoms with Crippen LogP contribution >= 0.6 is 11.6 Å². The fraction of sp³-hybridized carbons (Fsp3) is 0.143. The molecule has 0 amide bonds. The second-order valence-electron chi connectivity index (χ2n) is 4.54. The summed E-state index contributed by atoms with van der Waals surface area (Å²) in [6.45, 7) is 1.84. The second-order valence-corrected chi connectivity index (χ2v) is 4.95. The van der Waals surface area contributed by atoms with E-state index in [1.54, 1.807) is 17.8 Å². The van der Waals surface area contributed by atoms with Gasteiger partial charge in [0, 0.05) is 24.2 Å². The van der Waals surface area contributed by atoms with E-state index in [2.05, 4.69) is 5.10 Å². The Morgan fingerprint density at radius 3 is 2.75 bits per heavy atom. The molecule has 0 fully saturated rings. The third-order valence-electron chi connectivity index (χ3n) is 3.13. The minimum Gasteiger partial charge on any atom is -0.452 e. The molecule has 0 spiro atoms. The highest BCUT2D eigenvalue weighted by molar-refractivity contribution is 6.31. The van der Waals surface area contributed by atoms with Gasteiger partial charge in [0.2, 0.25) is 5.78 Å². The van der Waals surface area contributed by atoms with Crippen LogP contribution in [0.4, 0.5) is 4.39 Å². The maximum Gasteiger partial charge on any atom is 0.248 e. The zero-order valence-corrected chi connectivity index (χ0v) is 11.5. The van der Waals surface area contributed by atoms with Crippen molar-refractivity contribution in [2.75, 3.05) is 0 Å². The fourth-order valence-corrected chi connectivity index (χ4v) is 2.12. The highest BCUT2D eigenvalue weighted by atomic mass is 35.5. The number of fused-ring (bicyclic) bond motifs is 1. The summed E-state index contributed by atoms with van der Waals surface area (Å²) in [5.41, 5.74) is 1.43. The maximum absolute atomic E-state index is 13.3. The summed E-state index contributed by atoms with van der Waals surface area (Å²) in [6, 6.07) is 5.80. The van der Waals surface area contributed by atoms with Crippen molar-refractivity contribution in [2.45, 2.75) is 6.92 Å². The van der Waals surface area contributed by atoms with E-state index in [4.69, 9.17) is 16.0 Å². The first kappa shape index (κ1) is 12.9. The predicted octanol–water partition coefficient (Wildman–Crippen LogP) is 3.50. The molecule has 0 saturated heterocycles. The summed E-state index contributed by atoms with van der Waals surface area (Å²) < 4.78 is 20.3. The van der Waals surface area contributed by atoms with Gasteiger partial charge >= 0.3 is 0 Å². The third kappa shape index (κ3) is 2.00. The minimum atomic E-state index is -0.582. The minimum absolute atomic E-state index is 0.00835. The lowest BCUT2D eigenvalue weighted by atomic mass is 10.2. The van der Waals surface area contributed by atoms with Crippen molar-refractivity contribution in [3.8, 4) is 0 Å². The van der Waals surface area contributed by atoms with Crippen LogP contribution in [0.15, 0.2) is 28.7 Å². The number of carbonyl (C=O) groups is 1. The molecule has 0 aliphatic rings. The zero-order valence-electron chi connectivity index (χ0n) is 10.8. The van der Waals surface area contributed by atoms with Crippen LogP contribution in [-0.4, -0.2) is 15.6 Å². The molecule has 0 unspecified atom stereocenters. The SMILES string of the molecule is Cc1cc(C(=O)c2cc3cc(Cl)c(F)cc3o2)nn1C. The molecule has 102 valence electrons. The molecule has 3 aromatic rings. The van der Waals surface area contributed by atoms with Crippen LogP contribution in [0.2, 0.25) is 5.02 Å². The van der Waals surface area contributed by atoms with E-state index in [0.717, 1.165) is 11.8 Å². The Morgan fingerprint density at radius 2 is 2.10 bits per heavy atom. The summed E-state index contributed by atoms with van der Waals surface area (Å²) in [5.74, 6) is -0.817. The van der Waals surface area contributed by atoms with Crippen molar-refractivity contribution in [3.63, 3.8) is 0 Å². The molecule has 0 N–H and O–H groups in total. The van der Waals surface area contributed by atoms with Crippen LogP contribution in [0, 0.1) is 12.7 Å². The molecule has 0 bridgehead atoms. The number of ketones is 1. The molecule has 1 aromatic carbocycles. The molecular formula is C14H10ClFN2O2. The maximum atomic E-state index is 13.3. The number of carbonyl (C=O) groups excluding carboxylic acids is 1. The summed E-state index contributed by atoms with van der Waals surface area (Å²) in [6.07, 6.45) is 0. The average Bonchev–Trinajstić information content (AvgIpc) is 2.94. The molecule has 6 heteroatoms. The van der Waals surface area contributed by atoms with Gasteiger partial charge in [0.25, 0.3) is 0 Å². The van der Waals surface area contributed by atoms with Crippen LogP contribution in [-0.2, 0) is 7.05 Å². The van der Waals surface area contributed by atoms with Crippen molar-refractivity contribution in [3.05, 3.63) is 52.3 Å². The van der Waals surface area contributed by atoms with Crippen LogP contribution in [0.25, 0.3) is 11.0 Å². The van der Waals surface area contributed by atoms with Crippen LogP contribution in [0.1, 0.15) is 21.9 Å². The molecule has 0 radical (unpaired) electrons. The Morgan fingerprint density at radius 1 is 1.35 bits per heavy atom. The Bertz CT molecular complexity index is 777. The van der Waals surface area contributed by atoms with E-state index >= 15 is 0 Å². The van der Waals surface area contributed by atoms with Gasteiger partial charge in [0.1, 0.15) is 17.1 Å². The number of aromatic nitrogens is 2. The van der Waals surface area contributed by atoms with Crippen molar-refractivity contribution in [1.82, 2.24) is 9.78 Å². The number of hydrogen-bond donors (Lipinski definition) is 0. The Labute approximate surface area is 118 Å². The first-order valence-electron chi connectivity index (χ1n) is 5.89. The monoisotopic (exact) mass is 292 g/mol. The predicted molar refractivity (Wildman–Crippen MR) is 72.6 cm³/mol. The zero-order chi connectivity index (χ0) is 14.4. The lowest BCUT2D eigenvalue weighted by Gasteiger charge is -1.92. The fourth-order valence-electron chi connectivity index (χ4n) is 1.94. The second kappa shape index (κ2) is 4.45. The lowest BCUT2D eigenvalue weighted by Crippen LogP contribution is -2.01. The standard InChI is InChI=1S/C14H10ClFN2O2/c1-7-3-11(17-18(7)2)14(19)13-5-8-4-9(15)10(16)6-12(8)20-13/h3-6H,1-2H3. The summed E-state index contributed by atoms with van der Waals surface area (Å²) in [5, 5.41) is 4.67. The normalized spacial score (nSPS) is 11.2. The number of hydrogen-bond acceptors (Lipinski definition) is 3. The average molecular weight is 293 g/mol. The van der Waals surface area contributed by atoms with E-state index < -0.39 is 5.82 Å². The summed E-state index contributed by atoms with van der Waals surface area (Å²) in [4.78, 5) is 12.3. The molecule has 0 aliphatic carbocycles. The number of benzene rings is 1. The third-order valence-corrected chi connectivity index (χ3v) is 3.42. The lowest BCUT2D eigenvalue weighted by molar-refractivity contribution is 0.101. The summed E-state index contributed by atoms with van der Waals surface area (Å²) in [7, 11) is 1.75. The van der Waals surface area contributed by atoms with Crippen LogP contribution < -0.4 is 0 Å². The molecule has 20 heavy (non-hydrogen) atoms. The van der Waals surface area contributed by atoms with Gasteiger partial charge in [0.15, 0.2) is 5.76 Å². The van der Waals surface area contributed by atoms with Crippen molar-refractivity contribution in [1.29, 1.82) is 0 Å². The van der Waals surface area contributed by atoms with Gasteiger partial charge in [-0.15, -0.1) is 0 Å². The smallest absolute Gasteiger partial charge is 0.248 e. The molecule has 0 aliphatic heterocycles. The Kier molecular flexibility index (Phi) is 2.87. The van der Waals surface area contributed by atoms with Gasteiger partial charge in [-0.25, -0.2) is 4.39 Å². The molecule has 3 rings (SSSR count). The van der Waals surface area contributed by atoms with E-state index in [-0.39, 0.29) is 27.8 Å². The van der Waals surface area contributed by atoms with Gasteiger partial charge in [-0.05, 0) is 25.1 Å². The highest BCUT2D eigenvalue weighted by Gasteiger charge is 2.18. The van der Waals surface area contributed by atoms with E-state index in [1.807, 2.05) is 6.92 Å². The Balaban J connectivity index is 2.08. The first-order valence-corrected chi connectivity index (χ1v) is 6.27. The van der Waals surface area contributed by atoms with Gasteiger partial charge in [-0.3, -0.25) is 9.48 Å². The van der Waals surface area contributed by atoms with Crippen molar-refractivity contribution < 1.29 is 13.6 Å². The topological polar surface area (TPSA) is 48.0 Å². The quantitative estimate of drug-likeness (QED) is 0.679. The molecular weight excluding hydrogens is 283 g/mol. The van der Waals surface area contributed by atoms with E-state index in [1.165, 1.54) is 12.1 Å². The number of rotatable bonds is 2. The van der Waals surface area contributed by atoms with Crippen molar-refractivity contribution in [2.24, 2.45) is 7.05 Å². The van der Waals surface area contributed by atoms with Gasteiger partial charge in [-0.2, -0.15) is 5.10 Å². The van der Waals surface area contributed by atoms with Crippen LogP contribution in [0.5, 0.6) is 0 Å². The number of halogens is 2. The largest absolute Gasteiger partial charge is 0.452 e. The highest BCUT2D eigenvalue weighted by Crippen LogP contribution is 2.26. The molecule has 4 nitrogen and oxygen atoms in total. The molecule has 0 saturated carbocycles. The van der Waals surface area contributed by atoms with E-state index in [0.29, 0.717) is 5.39 Å². The molecule has 2 heterocycles. The summed E-state index contributed by atoms with van der Waals surface area (Å²) >= 11 is 5.70. The van der Waals surface area contributed by atoms with Gasteiger partial charge < -0.3 is 4.42 Å². The van der Waals surface area contributed by atoms with E-state index in [9.17, 15) is 9.18 Å². The number of aryl methyl sites for hydroxylation is 2. The molecule has 2 aromatic heterocycles. The number of furan rings is 1. The first-order chi connectivity index (χ1) is 9.45. The van der Waals surface area contributed by atoms with Gasteiger partial charge in [-0.1, -0.05) is 11.6 Å². The number of nitrogens with zero attached hydrogens (tertiary/aromatic N) is 2. The van der Waals surface area contributed by atoms with Gasteiger partial charge in [0.05, 0.1) is 5.02 Å². The van der Waals surface area contributed by atoms with Crippen molar-refractivity contribution >= 4 is 28.4 Å².